The van der Waals surface area contributed by atoms with Crippen molar-refractivity contribution in [1.29, 1.82) is 0 Å². The first-order valence-electron chi connectivity index (χ1n) is 7.14. The normalized spacial score (nSPS) is 22.0. The van der Waals surface area contributed by atoms with Crippen LogP contribution in [0.3, 0.4) is 0 Å². The summed E-state index contributed by atoms with van der Waals surface area (Å²) >= 11 is 0. The molecule has 22 heavy (non-hydrogen) atoms. The molecule has 0 radical (unpaired) electrons. The van der Waals surface area contributed by atoms with E-state index in [1.165, 1.54) is 4.31 Å². The Balaban J connectivity index is 1.92. The van der Waals surface area contributed by atoms with Crippen LogP contribution >= 0.6 is 0 Å². The summed E-state index contributed by atoms with van der Waals surface area (Å²) in [5.74, 6) is 0.484. The zero-order valence-corrected chi connectivity index (χ0v) is 12.9. The van der Waals surface area contributed by atoms with Crippen LogP contribution in [-0.4, -0.2) is 31.3 Å². The number of sulfonamides is 1. The number of aliphatic imine (C=N–C) groups is 1. The van der Waals surface area contributed by atoms with E-state index in [1.807, 2.05) is 42.2 Å². The molecule has 0 aliphatic carbocycles. The lowest BCUT2D eigenvalue weighted by atomic mass is 10.2. The van der Waals surface area contributed by atoms with Crippen LogP contribution < -0.4 is 4.90 Å². The zero-order chi connectivity index (χ0) is 15.3. The molecule has 5 nitrogen and oxygen atoms in total. The Morgan fingerprint density at radius 2 is 1.73 bits per heavy atom. The minimum Gasteiger partial charge on any atom is -0.307 e. The number of hydrogen-bond acceptors (Lipinski definition) is 4. The van der Waals surface area contributed by atoms with Gasteiger partial charge in [-0.05, 0) is 31.2 Å². The third kappa shape index (κ3) is 1.77. The maximum absolute atomic E-state index is 12.8. The quantitative estimate of drug-likeness (QED) is 0.813. The molecular formula is C16H15N3O2S. The number of fused-ring (bicyclic) bond motifs is 2. The summed E-state index contributed by atoms with van der Waals surface area (Å²) in [5, 5.41) is 0. The molecule has 0 spiro atoms. The summed E-state index contributed by atoms with van der Waals surface area (Å²) in [6.07, 6.45) is 0. The topological polar surface area (TPSA) is 53.0 Å². The number of anilines is 1. The Labute approximate surface area is 129 Å². The van der Waals surface area contributed by atoms with Crippen LogP contribution in [0.4, 0.5) is 11.4 Å². The fourth-order valence-corrected chi connectivity index (χ4v) is 4.61. The molecule has 2 aromatic carbocycles. The van der Waals surface area contributed by atoms with Crippen molar-refractivity contribution in [2.45, 2.75) is 17.9 Å². The summed E-state index contributed by atoms with van der Waals surface area (Å²) in [4.78, 5) is 6.86. The van der Waals surface area contributed by atoms with Gasteiger partial charge in [0, 0.05) is 5.69 Å². The minimum absolute atomic E-state index is 0.0326. The standard InChI is InChI=1S/C16H15N3O2S/c1-12-11-18-16(19(12)13-7-3-2-4-8-13)17-14-9-5-6-10-15(14)22(18,20)21/h2-10,12H,11H2,1H3. The van der Waals surface area contributed by atoms with E-state index in [0.29, 0.717) is 18.2 Å². The summed E-state index contributed by atoms with van der Waals surface area (Å²) in [7, 11) is -3.53. The molecular weight excluding hydrogens is 298 g/mol. The molecule has 6 heteroatoms. The summed E-state index contributed by atoms with van der Waals surface area (Å²) < 4.78 is 27.1. The number of nitrogens with zero attached hydrogens (tertiary/aromatic N) is 3. The van der Waals surface area contributed by atoms with Crippen molar-refractivity contribution < 1.29 is 8.42 Å². The average Bonchev–Trinajstić information content (AvgIpc) is 2.86. The Bertz CT molecular complexity index is 862. The van der Waals surface area contributed by atoms with Gasteiger partial charge in [-0.15, -0.1) is 0 Å². The maximum atomic E-state index is 12.8. The van der Waals surface area contributed by atoms with Gasteiger partial charge >= 0.3 is 0 Å². The highest BCUT2D eigenvalue weighted by molar-refractivity contribution is 7.90. The number of guanidine groups is 1. The van der Waals surface area contributed by atoms with E-state index in [1.54, 1.807) is 24.3 Å². The first-order chi connectivity index (χ1) is 10.6. The van der Waals surface area contributed by atoms with E-state index in [4.69, 9.17) is 0 Å². The molecule has 112 valence electrons. The lowest BCUT2D eigenvalue weighted by molar-refractivity contribution is 0.526. The van der Waals surface area contributed by atoms with E-state index in [-0.39, 0.29) is 10.9 Å². The van der Waals surface area contributed by atoms with E-state index in [9.17, 15) is 8.42 Å². The van der Waals surface area contributed by atoms with Gasteiger partial charge in [0.15, 0.2) is 0 Å². The van der Waals surface area contributed by atoms with Crippen LogP contribution in [0.5, 0.6) is 0 Å². The van der Waals surface area contributed by atoms with Gasteiger partial charge in [-0.25, -0.2) is 17.7 Å². The largest absolute Gasteiger partial charge is 0.307 e. The molecule has 1 unspecified atom stereocenters. The van der Waals surface area contributed by atoms with E-state index >= 15 is 0 Å². The van der Waals surface area contributed by atoms with Crippen molar-refractivity contribution in [2.75, 3.05) is 11.4 Å². The predicted molar refractivity (Wildman–Crippen MR) is 85.8 cm³/mol. The minimum atomic E-state index is -3.53. The van der Waals surface area contributed by atoms with Gasteiger partial charge in [0.2, 0.25) is 5.96 Å². The maximum Gasteiger partial charge on any atom is 0.268 e. The molecule has 1 fully saturated rings. The molecule has 0 N–H and O–H groups in total. The molecule has 1 saturated heterocycles. The highest BCUT2D eigenvalue weighted by Gasteiger charge is 2.44. The SMILES string of the molecule is CC1CN2C(=Nc3ccccc3S2(=O)=O)N1c1ccccc1. The van der Waals surface area contributed by atoms with Gasteiger partial charge in [-0.3, -0.25) is 0 Å². The van der Waals surface area contributed by atoms with Gasteiger partial charge in [0.1, 0.15) is 4.90 Å². The fraction of sp³-hybridized carbons (Fsp3) is 0.188. The smallest absolute Gasteiger partial charge is 0.268 e. The molecule has 0 amide bonds. The average molecular weight is 313 g/mol. The predicted octanol–water partition coefficient (Wildman–Crippen LogP) is 2.59. The summed E-state index contributed by atoms with van der Waals surface area (Å²) in [6, 6.07) is 16.7. The molecule has 1 atom stereocenters. The van der Waals surface area contributed by atoms with Crippen LogP contribution in [0.2, 0.25) is 0 Å². The molecule has 0 aromatic heterocycles. The number of para-hydroxylation sites is 2. The van der Waals surface area contributed by atoms with Crippen LogP contribution in [0.1, 0.15) is 6.92 Å². The van der Waals surface area contributed by atoms with Crippen molar-refractivity contribution in [2.24, 2.45) is 4.99 Å². The Morgan fingerprint density at radius 1 is 1.05 bits per heavy atom. The van der Waals surface area contributed by atoms with Gasteiger partial charge < -0.3 is 4.90 Å². The fourth-order valence-electron chi connectivity index (χ4n) is 2.99. The highest BCUT2D eigenvalue weighted by atomic mass is 32.2. The van der Waals surface area contributed by atoms with Crippen molar-refractivity contribution in [1.82, 2.24) is 4.31 Å². The second-order valence-corrected chi connectivity index (χ2v) is 7.30. The third-order valence-electron chi connectivity index (χ3n) is 4.00. The van der Waals surface area contributed by atoms with Crippen LogP contribution in [0.15, 0.2) is 64.5 Å². The van der Waals surface area contributed by atoms with Crippen LogP contribution in [0, 0.1) is 0 Å². The number of benzene rings is 2. The van der Waals surface area contributed by atoms with Gasteiger partial charge in [-0.2, -0.15) is 0 Å². The lowest BCUT2D eigenvalue weighted by Gasteiger charge is -2.27. The molecule has 2 aromatic rings. The summed E-state index contributed by atoms with van der Waals surface area (Å²) in [6.45, 7) is 2.42. The summed E-state index contributed by atoms with van der Waals surface area (Å²) in [5.41, 5.74) is 1.45. The lowest BCUT2D eigenvalue weighted by Crippen LogP contribution is -2.40. The van der Waals surface area contributed by atoms with E-state index in [0.717, 1.165) is 5.69 Å². The molecule has 2 aliphatic rings. The van der Waals surface area contributed by atoms with Gasteiger partial charge in [0.25, 0.3) is 10.0 Å². The van der Waals surface area contributed by atoms with E-state index < -0.39 is 10.0 Å². The molecule has 0 bridgehead atoms. The molecule has 0 saturated carbocycles. The molecule has 2 heterocycles. The first kappa shape index (κ1) is 13.3. The van der Waals surface area contributed by atoms with Crippen molar-refractivity contribution in [3.63, 3.8) is 0 Å². The Hall–Kier alpha value is -2.34. The number of rotatable bonds is 1. The van der Waals surface area contributed by atoms with Crippen molar-refractivity contribution >= 4 is 27.4 Å². The Morgan fingerprint density at radius 3 is 2.50 bits per heavy atom. The van der Waals surface area contributed by atoms with Crippen molar-refractivity contribution in [3.8, 4) is 0 Å². The van der Waals surface area contributed by atoms with Crippen LogP contribution in [-0.2, 0) is 10.0 Å². The van der Waals surface area contributed by atoms with Crippen LogP contribution in [0.25, 0.3) is 0 Å². The van der Waals surface area contributed by atoms with Crippen molar-refractivity contribution in [3.05, 3.63) is 54.6 Å². The van der Waals surface area contributed by atoms with E-state index in [2.05, 4.69) is 4.99 Å². The van der Waals surface area contributed by atoms with Gasteiger partial charge in [0.05, 0.1) is 18.3 Å². The zero-order valence-electron chi connectivity index (χ0n) is 12.0. The first-order valence-corrected chi connectivity index (χ1v) is 8.58. The second kappa shape index (κ2) is 4.58. The highest BCUT2D eigenvalue weighted by Crippen LogP contribution is 2.37. The molecule has 2 aliphatic heterocycles. The van der Waals surface area contributed by atoms with Gasteiger partial charge in [-0.1, -0.05) is 30.3 Å². The molecule has 4 rings (SSSR count). The second-order valence-electron chi connectivity index (χ2n) is 5.47. The monoisotopic (exact) mass is 313 g/mol. The Kier molecular flexibility index (Phi) is 2.77. The third-order valence-corrected chi connectivity index (χ3v) is 5.79. The number of hydrogen-bond donors (Lipinski definition) is 0.